The number of aliphatic hydroxyl groups excluding tert-OH is 2. The van der Waals surface area contributed by atoms with E-state index in [2.05, 4.69) is 62.5 Å². The predicted octanol–water partition coefficient (Wildman–Crippen LogP) is 9.86. The Morgan fingerprint density at radius 2 is 1.33 bits per heavy atom. The normalized spacial score (nSPS) is 19.4. The molecule has 0 heterocycles. The number of phosphoric acid groups is 1. The average Bonchev–Trinajstić information content (AvgIpc) is 3.49. The van der Waals surface area contributed by atoms with Crippen LogP contribution < -0.4 is 5.73 Å². The number of ether oxygens (including phenoxy) is 2. The summed E-state index contributed by atoms with van der Waals surface area (Å²) in [5.74, 6) is -1.57. The maximum absolute atomic E-state index is 12.6. The summed E-state index contributed by atoms with van der Waals surface area (Å²) < 4.78 is 32.8. The number of nitrogens with two attached hydrogens (primary N) is 1. The van der Waals surface area contributed by atoms with Gasteiger partial charge < -0.3 is 30.3 Å². The Balaban J connectivity index is 2.38. The Morgan fingerprint density at radius 1 is 0.767 bits per heavy atom. The van der Waals surface area contributed by atoms with Gasteiger partial charge in [-0.3, -0.25) is 23.4 Å². The second-order valence-electron chi connectivity index (χ2n) is 15.7. The van der Waals surface area contributed by atoms with E-state index in [-0.39, 0.29) is 56.6 Å². The number of carbonyl (C=O) groups excluding carboxylic acids is 3. The first-order valence-electron chi connectivity index (χ1n) is 22.9. The molecule has 0 aromatic heterocycles. The third-order valence-electron chi connectivity index (χ3n) is 10.3. The molecule has 0 aliphatic heterocycles. The molecule has 1 aliphatic carbocycles. The molecule has 0 radical (unpaired) electrons. The average molecular weight is 866 g/mol. The van der Waals surface area contributed by atoms with Crippen LogP contribution in [0.2, 0.25) is 0 Å². The Bertz CT molecular complexity index is 1330. The molecule has 0 bridgehead atoms. The molecule has 1 fully saturated rings. The van der Waals surface area contributed by atoms with Crippen LogP contribution in [0.15, 0.2) is 60.8 Å². The highest BCUT2D eigenvalue weighted by Crippen LogP contribution is 2.43. The van der Waals surface area contributed by atoms with Crippen molar-refractivity contribution in [2.45, 2.75) is 180 Å². The van der Waals surface area contributed by atoms with E-state index in [1.165, 1.54) is 25.7 Å². The number of allylic oxidation sites excluding steroid dienone is 8. The van der Waals surface area contributed by atoms with E-state index >= 15 is 0 Å². The van der Waals surface area contributed by atoms with Crippen LogP contribution in [0.25, 0.3) is 0 Å². The summed E-state index contributed by atoms with van der Waals surface area (Å²) in [6, 6.07) is 0. The first-order chi connectivity index (χ1) is 29.0. The van der Waals surface area contributed by atoms with Gasteiger partial charge in [0.05, 0.1) is 25.4 Å². The van der Waals surface area contributed by atoms with Gasteiger partial charge >= 0.3 is 19.8 Å². The molecular weight excluding hydrogens is 785 g/mol. The van der Waals surface area contributed by atoms with Crippen LogP contribution in [0.4, 0.5) is 0 Å². The van der Waals surface area contributed by atoms with Gasteiger partial charge in [0, 0.05) is 37.6 Å². The van der Waals surface area contributed by atoms with Crippen LogP contribution in [-0.4, -0.2) is 77.5 Å². The second kappa shape index (κ2) is 36.9. The van der Waals surface area contributed by atoms with Crippen LogP contribution in [0.3, 0.4) is 0 Å². The molecule has 60 heavy (non-hydrogen) atoms. The standard InChI is InChI=1S/C47H80NO11P/c1-3-5-7-8-9-10-11-12-13-14-15-16-17-18-19-20-21-22-28-32-47(53)59-41(39-58-60(54,55)57-36-35-48)38-56-46(52)31-27-24-23-26-30-42-43(45(51)37-44(42)50)34-33-40(49)29-25-6-4-2/h9-10,12-13,15-16,18-19,33-34,40-43,45,49,51H,3-8,11,14,17,20-32,35-39,48H2,1-2H3,(H,54,55)/b10-9-,13-12-,16-15-,19-18-,34-33+/t40-,41+,42+,43+,45+/m0/s1. The number of esters is 2. The SMILES string of the molecule is CCCCC/C=C\C/C=C\C/C=C\C/C=C\CCCCCC(=O)O[C@H](COC(=O)CCCCCC[C@H]1C(=O)C[C@@H](O)[C@@H]1/C=C/[C@@H](O)CCCCC)COP(=O)(O)OCCN. The fraction of sp³-hybridized carbons (Fsp3) is 0.723. The van der Waals surface area contributed by atoms with Crippen molar-refractivity contribution in [3.8, 4) is 0 Å². The van der Waals surface area contributed by atoms with Gasteiger partial charge in [0.15, 0.2) is 6.10 Å². The van der Waals surface area contributed by atoms with Crippen molar-refractivity contribution in [1.29, 1.82) is 0 Å². The van der Waals surface area contributed by atoms with Crippen LogP contribution in [0.5, 0.6) is 0 Å². The van der Waals surface area contributed by atoms with Crippen molar-refractivity contribution in [3.05, 3.63) is 60.8 Å². The molecule has 344 valence electrons. The molecule has 0 amide bonds. The fourth-order valence-corrected chi connectivity index (χ4v) is 7.57. The summed E-state index contributed by atoms with van der Waals surface area (Å²) in [5, 5.41) is 20.7. The summed E-state index contributed by atoms with van der Waals surface area (Å²) in [7, 11) is -4.45. The molecule has 13 heteroatoms. The maximum atomic E-state index is 12.6. The molecule has 1 rings (SSSR count). The summed E-state index contributed by atoms with van der Waals surface area (Å²) in [6.07, 6.45) is 37.2. The monoisotopic (exact) mass is 866 g/mol. The van der Waals surface area contributed by atoms with Gasteiger partial charge in [-0.15, -0.1) is 0 Å². The van der Waals surface area contributed by atoms with Crippen molar-refractivity contribution in [1.82, 2.24) is 0 Å². The number of hydrogen-bond donors (Lipinski definition) is 4. The Kier molecular flexibility index (Phi) is 34.0. The number of aliphatic hydroxyl groups is 2. The number of carbonyl (C=O) groups is 3. The molecule has 0 saturated heterocycles. The highest BCUT2D eigenvalue weighted by atomic mass is 31.2. The van der Waals surface area contributed by atoms with Crippen LogP contribution in [-0.2, 0) is 37.5 Å². The molecule has 5 N–H and O–H groups in total. The van der Waals surface area contributed by atoms with E-state index < -0.39 is 44.7 Å². The number of Topliss-reactive ketones (excluding diaryl/α,β-unsaturated/α-hetero) is 1. The van der Waals surface area contributed by atoms with Crippen LogP contribution >= 0.6 is 7.82 Å². The summed E-state index contributed by atoms with van der Waals surface area (Å²) in [5.41, 5.74) is 5.34. The van der Waals surface area contributed by atoms with Crippen LogP contribution in [0, 0.1) is 11.8 Å². The number of phosphoric ester groups is 1. The third kappa shape index (κ3) is 30.3. The van der Waals surface area contributed by atoms with Gasteiger partial charge in [0.2, 0.25) is 0 Å². The number of rotatable bonds is 38. The maximum Gasteiger partial charge on any atom is 0.472 e. The van der Waals surface area contributed by atoms with Gasteiger partial charge in [-0.2, -0.15) is 0 Å². The highest BCUT2D eigenvalue weighted by molar-refractivity contribution is 7.47. The zero-order valence-corrected chi connectivity index (χ0v) is 37.8. The molecule has 0 aromatic carbocycles. The van der Waals surface area contributed by atoms with Gasteiger partial charge in [-0.1, -0.05) is 132 Å². The molecule has 0 aromatic rings. The lowest BCUT2D eigenvalue weighted by Gasteiger charge is -2.20. The lowest BCUT2D eigenvalue weighted by atomic mass is 9.88. The van der Waals surface area contributed by atoms with Gasteiger partial charge in [-0.05, 0) is 70.6 Å². The lowest BCUT2D eigenvalue weighted by molar-refractivity contribution is -0.161. The third-order valence-corrected chi connectivity index (χ3v) is 11.3. The van der Waals surface area contributed by atoms with E-state index in [1.54, 1.807) is 6.08 Å². The number of unbranched alkanes of at least 4 members (excludes halogenated alkanes) is 11. The lowest BCUT2D eigenvalue weighted by Crippen LogP contribution is -2.29. The minimum atomic E-state index is -4.45. The predicted molar refractivity (Wildman–Crippen MR) is 239 cm³/mol. The van der Waals surface area contributed by atoms with E-state index in [9.17, 15) is 34.1 Å². The van der Waals surface area contributed by atoms with Crippen molar-refractivity contribution in [2.24, 2.45) is 17.6 Å². The number of ketones is 1. The molecular formula is C47H80NO11P. The van der Waals surface area contributed by atoms with E-state index in [4.69, 9.17) is 24.3 Å². The Morgan fingerprint density at radius 3 is 1.97 bits per heavy atom. The van der Waals surface area contributed by atoms with Crippen molar-refractivity contribution >= 4 is 25.5 Å². The van der Waals surface area contributed by atoms with Crippen molar-refractivity contribution < 1.29 is 52.6 Å². The fourth-order valence-electron chi connectivity index (χ4n) is 6.81. The zero-order valence-electron chi connectivity index (χ0n) is 36.9. The smallest absolute Gasteiger partial charge is 0.462 e. The van der Waals surface area contributed by atoms with E-state index in [0.29, 0.717) is 25.7 Å². The van der Waals surface area contributed by atoms with Crippen molar-refractivity contribution in [3.63, 3.8) is 0 Å². The number of hydrogen-bond acceptors (Lipinski definition) is 11. The van der Waals surface area contributed by atoms with E-state index in [1.807, 2.05) is 6.08 Å². The topological polar surface area (TPSA) is 192 Å². The quantitative estimate of drug-likeness (QED) is 0.0199. The first kappa shape index (κ1) is 55.3. The summed E-state index contributed by atoms with van der Waals surface area (Å²) in [6.45, 7) is 3.28. The highest BCUT2D eigenvalue weighted by Gasteiger charge is 2.39. The first-order valence-corrected chi connectivity index (χ1v) is 24.4. The van der Waals surface area contributed by atoms with Gasteiger partial charge in [0.25, 0.3) is 0 Å². The molecule has 1 saturated carbocycles. The zero-order chi connectivity index (χ0) is 44.1. The van der Waals surface area contributed by atoms with Gasteiger partial charge in [0.1, 0.15) is 12.4 Å². The second-order valence-corrected chi connectivity index (χ2v) is 17.1. The van der Waals surface area contributed by atoms with Gasteiger partial charge in [-0.25, -0.2) is 4.57 Å². The molecule has 1 aliphatic rings. The van der Waals surface area contributed by atoms with Crippen LogP contribution in [0.1, 0.15) is 162 Å². The Hall–Kier alpha value is -2.70. The minimum absolute atomic E-state index is 0.0102. The minimum Gasteiger partial charge on any atom is -0.462 e. The Labute approximate surface area is 361 Å². The molecule has 1 unspecified atom stereocenters. The summed E-state index contributed by atoms with van der Waals surface area (Å²) in [4.78, 5) is 47.7. The molecule has 6 atom stereocenters. The molecule has 12 nitrogen and oxygen atoms in total. The molecule has 0 spiro atoms. The van der Waals surface area contributed by atoms with E-state index in [0.717, 1.165) is 77.0 Å². The largest absolute Gasteiger partial charge is 0.472 e. The summed E-state index contributed by atoms with van der Waals surface area (Å²) >= 11 is 0. The van der Waals surface area contributed by atoms with Crippen molar-refractivity contribution in [2.75, 3.05) is 26.4 Å².